The topological polar surface area (TPSA) is 133 Å². The van der Waals surface area contributed by atoms with Crippen molar-refractivity contribution in [2.75, 3.05) is 7.05 Å². The monoisotopic (exact) mass is 629 g/mol. The van der Waals surface area contributed by atoms with E-state index in [9.17, 15) is 28.8 Å². The Morgan fingerprint density at radius 2 is 1.44 bits per heavy atom. The molecule has 9 rings (SSSR count). The maximum Gasteiger partial charge on any atom is 0.255 e. The zero-order chi connectivity index (χ0) is 33.0. The molecule has 0 bridgehead atoms. The predicted octanol–water partition coefficient (Wildman–Crippen LogP) is 4.95. The van der Waals surface area contributed by atoms with Crippen LogP contribution in [-0.4, -0.2) is 46.1 Å². The summed E-state index contributed by atoms with van der Waals surface area (Å²) in [5.41, 5.74) is 4.43. The molecule has 2 unspecified atom stereocenters. The van der Waals surface area contributed by atoms with Crippen molar-refractivity contribution in [1.29, 1.82) is 0 Å². The number of amides is 2. The lowest BCUT2D eigenvalue weighted by Gasteiger charge is -2.43. The maximum atomic E-state index is 13.9. The molecule has 9 heteroatoms. The summed E-state index contributed by atoms with van der Waals surface area (Å²) in [6, 6.07) is 21.4. The zero-order valence-corrected chi connectivity index (χ0v) is 25.3. The van der Waals surface area contributed by atoms with Crippen molar-refractivity contribution in [2.45, 2.75) is 0 Å². The number of pyridine rings is 1. The largest absolute Gasteiger partial charge is 0.354 e. The average Bonchev–Trinajstić information content (AvgIpc) is 3.11. The van der Waals surface area contributed by atoms with Crippen LogP contribution in [0.1, 0.15) is 58.1 Å². The van der Waals surface area contributed by atoms with Gasteiger partial charge in [0.05, 0.1) is 17.0 Å². The van der Waals surface area contributed by atoms with Gasteiger partial charge in [0.25, 0.3) is 11.8 Å². The van der Waals surface area contributed by atoms with E-state index in [-0.39, 0.29) is 61.8 Å². The van der Waals surface area contributed by atoms with Crippen LogP contribution in [0.15, 0.2) is 113 Å². The van der Waals surface area contributed by atoms with Crippen LogP contribution in [0.4, 0.5) is 0 Å². The van der Waals surface area contributed by atoms with Crippen LogP contribution in [0, 0.1) is 11.8 Å². The number of H-pyrrole nitrogens is 1. The summed E-state index contributed by atoms with van der Waals surface area (Å²) < 4.78 is 0. The van der Waals surface area contributed by atoms with Gasteiger partial charge in [-0.15, -0.1) is 0 Å². The number of allylic oxidation sites excluding steroid dienone is 4. The Balaban J connectivity index is 1.11. The Bertz CT molecular complexity index is 2590. The van der Waals surface area contributed by atoms with Crippen LogP contribution in [0.25, 0.3) is 27.4 Å². The third-order valence-electron chi connectivity index (χ3n) is 9.92. The third-order valence-corrected chi connectivity index (χ3v) is 9.92. The van der Waals surface area contributed by atoms with Gasteiger partial charge in [-0.25, -0.2) is 0 Å². The van der Waals surface area contributed by atoms with Crippen LogP contribution >= 0.6 is 0 Å². The molecule has 4 aromatic carbocycles. The fraction of sp³-hybridized carbons (Fsp3) is 0.0769. The van der Waals surface area contributed by atoms with E-state index in [1.807, 2.05) is 12.1 Å². The molecule has 5 aromatic rings. The number of aromatic amines is 1. The first-order valence-corrected chi connectivity index (χ1v) is 15.4. The van der Waals surface area contributed by atoms with Gasteiger partial charge in [-0.3, -0.25) is 28.8 Å². The van der Waals surface area contributed by atoms with Gasteiger partial charge in [0, 0.05) is 74.5 Å². The smallest absolute Gasteiger partial charge is 0.255 e. The Labute approximate surface area is 271 Å². The van der Waals surface area contributed by atoms with E-state index >= 15 is 0 Å². The van der Waals surface area contributed by atoms with Gasteiger partial charge < -0.3 is 15.2 Å². The molecule has 2 N–H and O–H groups in total. The number of carbonyl (C=O) groups is 5. The van der Waals surface area contributed by atoms with Crippen molar-refractivity contribution in [2.24, 2.45) is 11.8 Å². The molecule has 1 aliphatic heterocycles. The molecule has 0 saturated carbocycles. The van der Waals surface area contributed by atoms with Crippen LogP contribution in [-0.2, 0) is 4.79 Å². The highest BCUT2D eigenvalue weighted by atomic mass is 16.2. The van der Waals surface area contributed by atoms with E-state index in [2.05, 4.69) is 10.3 Å². The van der Waals surface area contributed by atoms with Gasteiger partial charge in [-0.05, 0) is 53.6 Å². The molecule has 0 saturated heterocycles. The lowest BCUT2D eigenvalue weighted by Crippen LogP contribution is -2.46. The van der Waals surface area contributed by atoms with Gasteiger partial charge in [-0.2, -0.15) is 0 Å². The maximum absolute atomic E-state index is 13.9. The first kappa shape index (κ1) is 27.8. The van der Waals surface area contributed by atoms with E-state index in [0.29, 0.717) is 33.6 Å². The number of hydrogen-bond donors (Lipinski definition) is 2. The quantitative estimate of drug-likeness (QED) is 0.261. The lowest BCUT2D eigenvalue weighted by molar-refractivity contribution is -0.123. The van der Waals surface area contributed by atoms with Crippen LogP contribution in [0.5, 0.6) is 0 Å². The molecule has 0 spiro atoms. The normalized spacial score (nSPS) is 19.2. The summed E-state index contributed by atoms with van der Waals surface area (Å²) in [5, 5.41) is 3.37. The van der Waals surface area contributed by atoms with Gasteiger partial charge in [0.15, 0.2) is 22.8 Å². The lowest BCUT2D eigenvalue weighted by atomic mass is 9.66. The summed E-state index contributed by atoms with van der Waals surface area (Å²) in [5.74, 6) is -2.70. The molecule has 230 valence electrons. The molecule has 0 radical (unpaired) electrons. The van der Waals surface area contributed by atoms with Crippen molar-refractivity contribution < 1.29 is 24.0 Å². The van der Waals surface area contributed by atoms with Gasteiger partial charge in [0.2, 0.25) is 0 Å². The van der Waals surface area contributed by atoms with Gasteiger partial charge in [0.1, 0.15) is 0 Å². The highest BCUT2D eigenvalue weighted by molar-refractivity contribution is 6.32. The number of carbonyl (C=O) groups excluding carboxylic acids is 5. The third kappa shape index (κ3) is 3.66. The number of nitrogens with one attached hydrogen (secondary N) is 2. The first-order chi connectivity index (χ1) is 23.2. The number of Topliss-reactive ketones (excluding diaryl/α,β-unsaturated/α-hetero) is 1. The van der Waals surface area contributed by atoms with E-state index in [1.54, 1.807) is 73.8 Å². The van der Waals surface area contributed by atoms with Gasteiger partial charge in [-0.1, -0.05) is 48.5 Å². The molecular formula is C39H23N3O6. The Morgan fingerprint density at radius 3 is 2.21 bits per heavy atom. The number of hydrogen-bond acceptors (Lipinski definition) is 6. The van der Waals surface area contributed by atoms with E-state index in [1.165, 1.54) is 23.1 Å². The predicted molar refractivity (Wildman–Crippen MR) is 178 cm³/mol. The number of rotatable bonds is 2. The van der Waals surface area contributed by atoms with Gasteiger partial charge >= 0.3 is 0 Å². The minimum Gasteiger partial charge on any atom is -0.354 e. The SMILES string of the molecule is CN1C(=O)C=C2c3ccccc3C(=O)C3C(NC(=O)c4ccc5[nH]c6c7c(ccc6c(=O)c5c4)C(=O)c4ccccc4C7=O)=CC=C1C23. The fourth-order valence-corrected chi connectivity index (χ4v) is 7.58. The number of nitrogens with zero attached hydrogens (tertiary/aromatic N) is 1. The molecule has 2 heterocycles. The summed E-state index contributed by atoms with van der Waals surface area (Å²) in [7, 11) is 1.67. The van der Waals surface area contributed by atoms with Crippen molar-refractivity contribution >= 4 is 56.5 Å². The Hall–Kier alpha value is -6.48. The molecule has 1 aromatic heterocycles. The fourth-order valence-electron chi connectivity index (χ4n) is 7.58. The molecule has 3 aliphatic carbocycles. The second-order valence-electron chi connectivity index (χ2n) is 12.4. The highest BCUT2D eigenvalue weighted by Crippen LogP contribution is 2.49. The molecule has 4 aliphatic rings. The number of aromatic nitrogens is 1. The average molecular weight is 630 g/mol. The van der Waals surface area contributed by atoms with Crippen molar-refractivity contribution in [3.8, 4) is 0 Å². The second-order valence-corrected chi connectivity index (χ2v) is 12.4. The number of fused-ring (bicyclic) bond motifs is 7. The summed E-state index contributed by atoms with van der Waals surface area (Å²) >= 11 is 0. The minimum atomic E-state index is -0.755. The van der Waals surface area contributed by atoms with E-state index in [0.717, 1.165) is 5.57 Å². The molecule has 9 nitrogen and oxygen atoms in total. The van der Waals surface area contributed by atoms with Crippen LogP contribution in [0.3, 0.4) is 0 Å². The Morgan fingerprint density at radius 1 is 0.729 bits per heavy atom. The molecule has 0 fully saturated rings. The molecule has 48 heavy (non-hydrogen) atoms. The summed E-state index contributed by atoms with van der Waals surface area (Å²) in [6.45, 7) is 0. The molecule has 2 atom stereocenters. The minimum absolute atomic E-state index is 0.149. The number of benzene rings is 4. The standard InChI is InChI=1S/C39H23N3O6/c1-42-29-15-14-28(33-31(29)25(17-30(42)43)19-6-2-3-7-20(19)38(33)47)41-39(48)18-10-13-27-26(16-18)36(45)24-12-11-23-32(34(24)40-27)37(46)22-9-5-4-8-21(22)35(23)44/h2-17,31,33H,1H3,(H,40,45)(H,41,48). The van der Waals surface area contributed by atoms with Crippen molar-refractivity contribution in [1.82, 2.24) is 15.2 Å². The van der Waals surface area contributed by atoms with Crippen LogP contribution < -0.4 is 10.7 Å². The zero-order valence-electron chi connectivity index (χ0n) is 25.3. The summed E-state index contributed by atoms with van der Waals surface area (Å²) in [4.78, 5) is 85.8. The number of likely N-dealkylation sites (N-methyl/N-ethyl adjacent to an activating group) is 1. The van der Waals surface area contributed by atoms with E-state index < -0.39 is 23.2 Å². The second kappa shape index (κ2) is 9.76. The first-order valence-electron chi connectivity index (χ1n) is 15.4. The molecule has 2 amide bonds. The summed E-state index contributed by atoms with van der Waals surface area (Å²) in [6.07, 6.45) is 4.98. The van der Waals surface area contributed by atoms with Crippen molar-refractivity contribution in [3.63, 3.8) is 0 Å². The Kier molecular flexibility index (Phi) is 5.65. The van der Waals surface area contributed by atoms with Crippen LogP contribution in [0.2, 0.25) is 0 Å². The molecular weight excluding hydrogens is 606 g/mol. The van der Waals surface area contributed by atoms with Crippen molar-refractivity contribution in [3.05, 3.63) is 158 Å². The van der Waals surface area contributed by atoms with E-state index in [4.69, 9.17) is 0 Å². The number of ketones is 3. The highest BCUT2D eigenvalue weighted by Gasteiger charge is 2.47.